The SMILES string of the molecule is O=C(NCc1cn2ccnc2cn1)c1ccc(C2CCN(C(=O)CCC(F)(F)F)CC2)s1. The summed E-state index contributed by atoms with van der Waals surface area (Å²) in [5.74, 6) is -0.443. The lowest BCUT2D eigenvalue weighted by molar-refractivity contribution is -0.149. The number of carbonyl (C=O) groups is 2. The molecule has 0 radical (unpaired) electrons. The minimum Gasteiger partial charge on any atom is -0.346 e. The smallest absolute Gasteiger partial charge is 0.346 e. The number of imidazole rings is 1. The first-order valence-corrected chi connectivity index (χ1v) is 11.1. The predicted molar refractivity (Wildman–Crippen MR) is 112 cm³/mol. The van der Waals surface area contributed by atoms with Crippen molar-refractivity contribution in [1.82, 2.24) is 24.6 Å². The van der Waals surface area contributed by atoms with E-state index in [4.69, 9.17) is 0 Å². The third-order valence-electron chi connectivity index (χ3n) is 5.49. The lowest BCUT2D eigenvalue weighted by Gasteiger charge is -2.31. The van der Waals surface area contributed by atoms with Crippen molar-refractivity contribution < 1.29 is 22.8 Å². The molecule has 1 aliphatic heterocycles. The Hall–Kier alpha value is -2.95. The zero-order chi connectivity index (χ0) is 22.7. The van der Waals surface area contributed by atoms with Crippen LogP contribution in [0.5, 0.6) is 0 Å². The molecule has 1 saturated heterocycles. The molecule has 0 saturated carbocycles. The number of fused-ring (bicyclic) bond motifs is 1. The zero-order valence-corrected chi connectivity index (χ0v) is 18.0. The standard InChI is InChI=1S/C21H22F3N5O2S/c22-21(23,24)6-3-19(30)28-8-4-14(5-9-28)16-1-2-17(32-16)20(31)27-11-15-13-29-10-7-25-18(29)12-26-15/h1-2,7,10,12-14H,3-6,8-9,11H2,(H,27,31). The molecule has 170 valence electrons. The van der Waals surface area contributed by atoms with Crippen molar-refractivity contribution in [2.75, 3.05) is 13.1 Å². The van der Waals surface area contributed by atoms with Gasteiger partial charge in [-0.3, -0.25) is 14.6 Å². The van der Waals surface area contributed by atoms with Crippen LogP contribution in [-0.2, 0) is 11.3 Å². The number of amides is 2. The van der Waals surface area contributed by atoms with Gasteiger partial charge in [-0.1, -0.05) is 0 Å². The summed E-state index contributed by atoms with van der Waals surface area (Å²) in [6, 6.07) is 3.70. The molecule has 0 aliphatic carbocycles. The number of alkyl halides is 3. The molecule has 1 fully saturated rings. The fraction of sp³-hybridized carbons (Fsp3) is 0.429. The molecule has 0 unspecified atom stereocenters. The number of hydrogen-bond donors (Lipinski definition) is 1. The molecule has 7 nitrogen and oxygen atoms in total. The molecule has 0 aromatic carbocycles. The molecule has 2 amide bonds. The van der Waals surface area contributed by atoms with E-state index >= 15 is 0 Å². The van der Waals surface area contributed by atoms with E-state index in [1.165, 1.54) is 16.2 Å². The maximum absolute atomic E-state index is 12.5. The number of hydrogen-bond acceptors (Lipinski definition) is 5. The van der Waals surface area contributed by atoms with Crippen molar-refractivity contribution in [2.24, 2.45) is 0 Å². The molecular formula is C21H22F3N5O2S. The first-order valence-electron chi connectivity index (χ1n) is 10.3. The highest BCUT2D eigenvalue weighted by Crippen LogP contribution is 2.33. The van der Waals surface area contributed by atoms with E-state index in [0.717, 1.165) is 10.5 Å². The third-order valence-corrected chi connectivity index (χ3v) is 6.73. The second-order valence-corrected chi connectivity index (χ2v) is 8.84. The summed E-state index contributed by atoms with van der Waals surface area (Å²) in [5.41, 5.74) is 1.44. The second kappa shape index (κ2) is 9.27. The number of carbonyl (C=O) groups excluding carboxylic acids is 2. The van der Waals surface area contributed by atoms with E-state index in [1.54, 1.807) is 18.5 Å². The van der Waals surface area contributed by atoms with Gasteiger partial charge >= 0.3 is 6.18 Å². The Morgan fingerprint density at radius 2 is 1.97 bits per heavy atom. The van der Waals surface area contributed by atoms with Gasteiger partial charge in [0.1, 0.15) is 0 Å². The van der Waals surface area contributed by atoms with Crippen LogP contribution in [0.25, 0.3) is 5.65 Å². The molecule has 0 atom stereocenters. The van der Waals surface area contributed by atoms with E-state index in [-0.39, 0.29) is 11.8 Å². The molecule has 1 aliphatic rings. The van der Waals surface area contributed by atoms with E-state index in [1.807, 2.05) is 22.9 Å². The van der Waals surface area contributed by atoms with Crippen molar-refractivity contribution in [3.8, 4) is 0 Å². The summed E-state index contributed by atoms with van der Waals surface area (Å²) in [6.07, 6.45) is 2.39. The van der Waals surface area contributed by atoms with Crippen molar-refractivity contribution in [2.45, 2.75) is 44.3 Å². The van der Waals surface area contributed by atoms with Gasteiger partial charge in [0, 0.05) is 43.0 Å². The summed E-state index contributed by atoms with van der Waals surface area (Å²) >= 11 is 1.41. The first-order chi connectivity index (χ1) is 15.3. The zero-order valence-electron chi connectivity index (χ0n) is 17.1. The van der Waals surface area contributed by atoms with E-state index in [9.17, 15) is 22.8 Å². The van der Waals surface area contributed by atoms with Crippen molar-refractivity contribution in [3.05, 3.63) is 52.4 Å². The Balaban J connectivity index is 1.27. The van der Waals surface area contributed by atoms with Gasteiger partial charge in [-0.25, -0.2) is 4.98 Å². The third kappa shape index (κ3) is 5.45. The Labute approximate surface area is 186 Å². The van der Waals surface area contributed by atoms with Crippen LogP contribution in [-0.4, -0.2) is 50.3 Å². The molecule has 4 heterocycles. The highest BCUT2D eigenvalue weighted by molar-refractivity contribution is 7.14. The van der Waals surface area contributed by atoms with E-state index < -0.39 is 24.9 Å². The number of piperidine rings is 1. The monoisotopic (exact) mass is 465 g/mol. The Morgan fingerprint density at radius 3 is 2.72 bits per heavy atom. The van der Waals surface area contributed by atoms with Gasteiger partial charge in [0.15, 0.2) is 5.65 Å². The minimum atomic E-state index is -4.32. The summed E-state index contributed by atoms with van der Waals surface area (Å²) < 4.78 is 38.8. The lowest BCUT2D eigenvalue weighted by Crippen LogP contribution is -2.38. The molecule has 1 N–H and O–H groups in total. The maximum Gasteiger partial charge on any atom is 0.389 e. The van der Waals surface area contributed by atoms with Crippen LogP contribution in [0.2, 0.25) is 0 Å². The average molecular weight is 466 g/mol. The molecular weight excluding hydrogens is 443 g/mol. The van der Waals surface area contributed by atoms with Crippen molar-refractivity contribution >= 4 is 28.8 Å². The van der Waals surface area contributed by atoms with Gasteiger partial charge in [-0.15, -0.1) is 11.3 Å². The van der Waals surface area contributed by atoms with Gasteiger partial charge in [-0.2, -0.15) is 13.2 Å². The number of nitrogens with one attached hydrogen (secondary N) is 1. The van der Waals surface area contributed by atoms with Gasteiger partial charge in [0.25, 0.3) is 5.91 Å². The molecule has 3 aromatic heterocycles. The molecule has 11 heteroatoms. The van der Waals surface area contributed by atoms with Crippen molar-refractivity contribution in [3.63, 3.8) is 0 Å². The van der Waals surface area contributed by atoms with Gasteiger partial charge in [0.2, 0.25) is 5.91 Å². The topological polar surface area (TPSA) is 79.6 Å². The summed E-state index contributed by atoms with van der Waals surface area (Å²) in [5, 5.41) is 2.87. The van der Waals surface area contributed by atoms with Crippen LogP contribution >= 0.6 is 11.3 Å². The fourth-order valence-corrected chi connectivity index (χ4v) is 4.83. The summed E-state index contributed by atoms with van der Waals surface area (Å²) in [6.45, 7) is 1.16. The number of rotatable bonds is 6. The van der Waals surface area contributed by atoms with Crippen molar-refractivity contribution in [1.29, 1.82) is 0 Å². The summed E-state index contributed by atoms with van der Waals surface area (Å²) in [7, 11) is 0. The van der Waals surface area contributed by atoms with Crippen LogP contribution in [0.4, 0.5) is 13.2 Å². The first kappa shape index (κ1) is 22.3. The number of nitrogens with zero attached hydrogens (tertiary/aromatic N) is 4. The average Bonchev–Trinajstić information content (AvgIpc) is 3.45. The normalized spacial score (nSPS) is 15.3. The highest BCUT2D eigenvalue weighted by atomic mass is 32.1. The largest absolute Gasteiger partial charge is 0.389 e. The minimum absolute atomic E-state index is 0.187. The molecule has 32 heavy (non-hydrogen) atoms. The number of thiophene rings is 1. The second-order valence-electron chi connectivity index (χ2n) is 7.73. The quantitative estimate of drug-likeness (QED) is 0.601. The van der Waals surface area contributed by atoms with E-state index in [0.29, 0.717) is 43.0 Å². The maximum atomic E-state index is 12.5. The molecule has 3 aromatic rings. The van der Waals surface area contributed by atoms with E-state index in [2.05, 4.69) is 15.3 Å². The highest BCUT2D eigenvalue weighted by Gasteiger charge is 2.31. The van der Waals surface area contributed by atoms with Crippen LogP contribution in [0, 0.1) is 0 Å². The number of halogens is 3. The van der Waals surface area contributed by atoms with Crippen LogP contribution < -0.4 is 5.32 Å². The van der Waals surface area contributed by atoms with Crippen LogP contribution in [0.15, 0.2) is 36.9 Å². The molecule has 0 spiro atoms. The van der Waals surface area contributed by atoms with Gasteiger partial charge in [-0.05, 0) is 30.9 Å². The van der Waals surface area contributed by atoms with Crippen LogP contribution in [0.1, 0.15) is 51.8 Å². The van der Waals surface area contributed by atoms with Gasteiger partial charge < -0.3 is 14.6 Å². The lowest BCUT2D eigenvalue weighted by atomic mass is 9.95. The summed E-state index contributed by atoms with van der Waals surface area (Å²) in [4.78, 5) is 36.1. The molecule has 0 bridgehead atoms. The number of aromatic nitrogens is 3. The fourth-order valence-electron chi connectivity index (χ4n) is 3.73. The Morgan fingerprint density at radius 1 is 1.19 bits per heavy atom. The molecule has 4 rings (SSSR count). The Bertz CT molecular complexity index is 1100. The number of likely N-dealkylation sites (tertiary alicyclic amines) is 1. The van der Waals surface area contributed by atoms with Gasteiger partial charge in [0.05, 0.1) is 29.7 Å². The van der Waals surface area contributed by atoms with Crippen LogP contribution in [0.3, 0.4) is 0 Å². The predicted octanol–water partition coefficient (Wildman–Crippen LogP) is 3.77. The Kier molecular flexibility index (Phi) is 6.45.